The first-order chi connectivity index (χ1) is 9.13. The number of piperazine rings is 1. The Morgan fingerprint density at radius 2 is 1.89 bits per heavy atom. The Morgan fingerprint density at radius 3 is 2.47 bits per heavy atom. The van der Waals surface area contributed by atoms with Crippen LogP contribution >= 0.6 is 11.6 Å². The van der Waals surface area contributed by atoms with Gasteiger partial charge in [0, 0.05) is 5.92 Å². The van der Waals surface area contributed by atoms with Crippen LogP contribution in [0.1, 0.15) is 12.5 Å². The highest BCUT2D eigenvalue weighted by Gasteiger charge is 2.33. The molecule has 2 nitrogen and oxygen atoms in total. The SMILES string of the molecule is CC(Cc1ccccc1)C[N+]1(CCl)CCN(F)CC1. The van der Waals surface area contributed by atoms with Crippen LogP contribution in [0.4, 0.5) is 4.48 Å². The predicted octanol–water partition coefficient (Wildman–Crippen LogP) is 3.08. The Hall–Kier alpha value is -0.640. The lowest BCUT2D eigenvalue weighted by atomic mass is 9.99. The van der Waals surface area contributed by atoms with Crippen LogP contribution in [-0.4, -0.2) is 48.3 Å². The maximum atomic E-state index is 13.1. The number of alkyl halides is 1. The van der Waals surface area contributed by atoms with E-state index in [0.29, 0.717) is 25.0 Å². The summed E-state index contributed by atoms with van der Waals surface area (Å²) in [6.07, 6.45) is 1.07. The molecule has 0 spiro atoms. The van der Waals surface area contributed by atoms with E-state index in [9.17, 15) is 4.48 Å². The van der Waals surface area contributed by atoms with Gasteiger partial charge in [0.15, 0.2) is 6.00 Å². The summed E-state index contributed by atoms with van der Waals surface area (Å²) in [5.41, 5.74) is 1.37. The van der Waals surface area contributed by atoms with Crippen molar-refractivity contribution in [2.75, 3.05) is 38.7 Å². The molecule has 4 heteroatoms. The van der Waals surface area contributed by atoms with Gasteiger partial charge in [0.2, 0.25) is 0 Å². The van der Waals surface area contributed by atoms with Gasteiger partial charge in [-0.3, -0.25) is 0 Å². The molecule has 1 fully saturated rings. The summed E-state index contributed by atoms with van der Waals surface area (Å²) in [6, 6.07) is 11.1. The average molecular weight is 286 g/mol. The molecule has 1 aliphatic heterocycles. The van der Waals surface area contributed by atoms with E-state index in [4.69, 9.17) is 11.6 Å². The van der Waals surface area contributed by atoms with Gasteiger partial charge < -0.3 is 4.48 Å². The van der Waals surface area contributed by atoms with Crippen LogP contribution in [0.3, 0.4) is 0 Å². The van der Waals surface area contributed by atoms with E-state index >= 15 is 0 Å². The van der Waals surface area contributed by atoms with Crippen LogP contribution < -0.4 is 0 Å². The van der Waals surface area contributed by atoms with Gasteiger partial charge >= 0.3 is 0 Å². The number of hydrogen-bond donors (Lipinski definition) is 0. The maximum Gasteiger partial charge on any atom is 0.155 e. The van der Waals surface area contributed by atoms with Gasteiger partial charge in [-0.25, -0.2) is 0 Å². The van der Waals surface area contributed by atoms with E-state index in [2.05, 4.69) is 31.2 Å². The standard InChI is InChI=1S/C15H23ClFN2/c1-14(11-15-5-3-2-4-6-15)12-19(13-16)9-7-18(17)8-10-19/h2-6,14H,7-13H2,1H3/q+1. The van der Waals surface area contributed by atoms with E-state index in [1.54, 1.807) is 0 Å². The summed E-state index contributed by atoms with van der Waals surface area (Å²) in [7, 11) is 0. The van der Waals surface area contributed by atoms with E-state index < -0.39 is 0 Å². The second-order valence-corrected chi connectivity index (χ2v) is 6.03. The Bertz CT molecular complexity index is 377. The van der Waals surface area contributed by atoms with E-state index in [0.717, 1.165) is 35.7 Å². The largest absolute Gasteiger partial charge is 0.308 e. The third-order valence-electron chi connectivity index (χ3n) is 4.01. The van der Waals surface area contributed by atoms with Crippen molar-refractivity contribution in [2.45, 2.75) is 13.3 Å². The Labute approximate surface area is 120 Å². The van der Waals surface area contributed by atoms with Crippen molar-refractivity contribution in [2.24, 2.45) is 5.92 Å². The maximum absolute atomic E-state index is 13.1. The molecule has 0 aromatic heterocycles. The van der Waals surface area contributed by atoms with Gasteiger partial charge in [-0.2, -0.15) is 0 Å². The first-order valence-corrected chi connectivity index (χ1v) is 7.53. The van der Waals surface area contributed by atoms with Crippen molar-refractivity contribution >= 4 is 11.6 Å². The van der Waals surface area contributed by atoms with E-state index in [1.807, 2.05) is 6.07 Å². The number of nitrogens with zero attached hydrogens (tertiary/aromatic N) is 2. The van der Waals surface area contributed by atoms with Crippen molar-refractivity contribution in [3.05, 3.63) is 35.9 Å². The molecule has 2 rings (SSSR count). The summed E-state index contributed by atoms with van der Waals surface area (Å²) < 4.78 is 14.0. The number of hydrogen-bond acceptors (Lipinski definition) is 1. The molecule has 1 unspecified atom stereocenters. The van der Waals surface area contributed by atoms with Crippen molar-refractivity contribution in [1.82, 2.24) is 5.12 Å². The summed E-state index contributed by atoms with van der Waals surface area (Å²) >= 11 is 6.16. The molecule has 0 saturated carbocycles. The molecule has 1 heterocycles. The molecule has 1 saturated heterocycles. The third kappa shape index (κ3) is 4.16. The second-order valence-electron chi connectivity index (χ2n) is 5.80. The molecule has 0 N–H and O–H groups in total. The van der Waals surface area contributed by atoms with E-state index in [1.165, 1.54) is 5.56 Å². The monoisotopic (exact) mass is 285 g/mol. The summed E-state index contributed by atoms with van der Waals surface area (Å²) in [5, 5.41) is 0.908. The van der Waals surface area contributed by atoms with Crippen molar-refractivity contribution < 1.29 is 8.96 Å². The normalized spacial score (nSPS) is 21.2. The molecule has 19 heavy (non-hydrogen) atoms. The fraction of sp³-hybridized carbons (Fsp3) is 0.600. The highest BCUT2D eigenvalue weighted by Crippen LogP contribution is 2.20. The number of quaternary nitrogens is 1. The lowest BCUT2D eigenvalue weighted by Crippen LogP contribution is -2.59. The molecule has 0 radical (unpaired) electrons. The van der Waals surface area contributed by atoms with Crippen LogP contribution in [0.25, 0.3) is 0 Å². The highest BCUT2D eigenvalue weighted by molar-refractivity contribution is 6.17. The number of rotatable bonds is 5. The smallest absolute Gasteiger partial charge is 0.155 e. The number of benzene rings is 1. The summed E-state index contributed by atoms with van der Waals surface area (Å²) in [5.74, 6) is 0.562. The molecular formula is C15H23ClFN2+. The van der Waals surface area contributed by atoms with Crippen LogP contribution in [0, 0.1) is 5.92 Å². The lowest BCUT2D eigenvalue weighted by Gasteiger charge is -2.42. The van der Waals surface area contributed by atoms with Crippen LogP contribution in [-0.2, 0) is 6.42 Å². The van der Waals surface area contributed by atoms with Gasteiger partial charge in [-0.05, 0) is 12.0 Å². The zero-order valence-electron chi connectivity index (χ0n) is 11.6. The van der Waals surface area contributed by atoms with Gasteiger partial charge in [0.05, 0.1) is 32.7 Å². The van der Waals surface area contributed by atoms with Crippen LogP contribution in [0.5, 0.6) is 0 Å². The average Bonchev–Trinajstić information content (AvgIpc) is 2.43. The van der Waals surface area contributed by atoms with E-state index in [-0.39, 0.29) is 0 Å². The van der Waals surface area contributed by atoms with Gasteiger partial charge in [-0.15, -0.1) is 9.60 Å². The fourth-order valence-electron chi connectivity index (χ4n) is 2.96. The van der Waals surface area contributed by atoms with Crippen LogP contribution in [0.15, 0.2) is 30.3 Å². The highest BCUT2D eigenvalue weighted by atomic mass is 35.5. The topological polar surface area (TPSA) is 3.24 Å². The minimum absolute atomic E-state index is 0.505. The predicted molar refractivity (Wildman–Crippen MR) is 77.6 cm³/mol. The molecule has 0 bridgehead atoms. The molecule has 0 aliphatic carbocycles. The molecule has 1 aromatic rings. The molecular weight excluding hydrogens is 263 g/mol. The zero-order valence-corrected chi connectivity index (χ0v) is 12.3. The van der Waals surface area contributed by atoms with Crippen molar-refractivity contribution in [1.29, 1.82) is 0 Å². The van der Waals surface area contributed by atoms with Gasteiger partial charge in [0.25, 0.3) is 0 Å². The van der Waals surface area contributed by atoms with Crippen LogP contribution in [0.2, 0.25) is 0 Å². The molecule has 0 amide bonds. The quantitative estimate of drug-likeness (QED) is 0.348. The summed E-state index contributed by atoms with van der Waals surface area (Å²) in [4.78, 5) is 0. The Balaban J connectivity index is 1.91. The third-order valence-corrected chi connectivity index (χ3v) is 4.52. The molecule has 1 atom stereocenters. The first kappa shape index (κ1) is 14.8. The van der Waals surface area contributed by atoms with Crippen molar-refractivity contribution in [3.8, 4) is 0 Å². The molecule has 1 aromatic carbocycles. The summed E-state index contributed by atoms with van der Waals surface area (Å²) in [6.45, 7) is 5.95. The first-order valence-electron chi connectivity index (χ1n) is 6.99. The Morgan fingerprint density at radius 1 is 1.26 bits per heavy atom. The minimum Gasteiger partial charge on any atom is -0.308 e. The molecule has 1 aliphatic rings. The zero-order chi connectivity index (χ0) is 13.7. The second kappa shape index (κ2) is 6.69. The lowest BCUT2D eigenvalue weighted by molar-refractivity contribution is -0.925. The van der Waals surface area contributed by atoms with Gasteiger partial charge in [-0.1, -0.05) is 48.9 Å². The number of halogens is 2. The van der Waals surface area contributed by atoms with Gasteiger partial charge in [0.1, 0.15) is 0 Å². The van der Waals surface area contributed by atoms with Crippen molar-refractivity contribution in [3.63, 3.8) is 0 Å². The molecule has 106 valence electrons. The fourth-order valence-corrected chi connectivity index (χ4v) is 3.29. The Kier molecular flexibility index (Phi) is 5.20. The minimum atomic E-state index is 0.505.